The van der Waals surface area contributed by atoms with Crippen LogP contribution in [0.1, 0.15) is 34.3 Å². The summed E-state index contributed by atoms with van der Waals surface area (Å²) in [5.41, 5.74) is 2.03. The van der Waals surface area contributed by atoms with E-state index in [-0.39, 0.29) is 16.8 Å². The van der Waals surface area contributed by atoms with E-state index in [9.17, 15) is 49.1 Å². The zero-order valence-electron chi connectivity index (χ0n) is 24.5. The average Bonchev–Trinajstić information content (AvgIpc) is 2.95. The molecule has 2 aromatic carbocycles. The number of nitrogens with one attached hydrogen (secondary N) is 1. The number of Topliss-reactive ketones (excluding diaryl/α,β-unsaturated/α-hetero) is 4. The summed E-state index contributed by atoms with van der Waals surface area (Å²) in [6.45, 7) is 3.19. The highest BCUT2D eigenvalue weighted by molar-refractivity contribution is 6.32. The molecule has 8 atom stereocenters. The van der Waals surface area contributed by atoms with Gasteiger partial charge in [-0.05, 0) is 50.2 Å². The third kappa shape index (κ3) is 4.57. The number of nitro groups is 1. The topological polar surface area (TPSA) is 237 Å². The first kappa shape index (κ1) is 31.4. The number of carbonyl (C=O) groups is 6. The minimum absolute atomic E-state index is 0.227. The predicted molar refractivity (Wildman–Crippen MR) is 153 cm³/mol. The van der Waals surface area contributed by atoms with Gasteiger partial charge in [0, 0.05) is 12.0 Å². The largest absolute Gasteiger partial charge is 0.507 e. The van der Waals surface area contributed by atoms with Gasteiger partial charge in [0.2, 0.25) is 5.91 Å². The number of benzene rings is 2. The molecule has 0 spiro atoms. The normalized spacial score (nSPS) is 30.7. The van der Waals surface area contributed by atoms with Gasteiger partial charge in [0.1, 0.15) is 17.5 Å². The molecule has 15 nitrogen and oxygen atoms in total. The molecule has 2 saturated carbocycles. The molecule has 0 aromatic heterocycles. The number of primary amides is 1. The molecular weight excluding hydrogens is 592 g/mol. The Balaban J connectivity index is 1.71. The summed E-state index contributed by atoms with van der Waals surface area (Å²) in [5.74, 6) is -14.8. The summed E-state index contributed by atoms with van der Waals surface area (Å²) in [7, 11) is 2.76. The summed E-state index contributed by atoms with van der Waals surface area (Å²) >= 11 is 0. The number of amides is 2. The highest BCUT2D eigenvalue weighted by atomic mass is 16.6. The Morgan fingerprint density at radius 2 is 1.78 bits per heavy atom. The maximum atomic E-state index is 14.2. The SMILES string of the molecule is Cc1ccc(NC(=O)O[C@H]2[C@H]3C(C(=O)c4c(O)cccc4[C@@H]3C)C(=O)[C@]3(O)C(=O)C(C(N)=O)C(=O)[C@@H](N(C)C)[C@H]23)c([N+](=O)[O-])c1. The lowest BCUT2D eigenvalue weighted by molar-refractivity contribution is -0.384. The van der Waals surface area contributed by atoms with Crippen LogP contribution in [0.4, 0.5) is 16.2 Å². The van der Waals surface area contributed by atoms with Gasteiger partial charge in [0.15, 0.2) is 34.7 Å². The Kier molecular flexibility index (Phi) is 7.57. The van der Waals surface area contributed by atoms with Gasteiger partial charge in [0.05, 0.1) is 28.4 Å². The van der Waals surface area contributed by atoms with Gasteiger partial charge in [-0.25, -0.2) is 4.79 Å². The lowest BCUT2D eigenvalue weighted by Gasteiger charge is -2.56. The first-order chi connectivity index (χ1) is 21.0. The Morgan fingerprint density at radius 3 is 2.38 bits per heavy atom. The second-order valence-corrected chi connectivity index (χ2v) is 11.9. The van der Waals surface area contributed by atoms with Crippen molar-refractivity contribution in [2.75, 3.05) is 19.4 Å². The van der Waals surface area contributed by atoms with Crippen molar-refractivity contribution < 1.29 is 48.6 Å². The molecule has 5 N–H and O–H groups in total. The predicted octanol–water partition coefficient (Wildman–Crippen LogP) is 0.872. The van der Waals surface area contributed by atoms with Crippen molar-refractivity contribution in [1.82, 2.24) is 4.90 Å². The number of rotatable bonds is 5. The van der Waals surface area contributed by atoms with Gasteiger partial charge in [0.25, 0.3) is 5.69 Å². The van der Waals surface area contributed by atoms with Gasteiger partial charge in [-0.3, -0.25) is 44.3 Å². The zero-order valence-corrected chi connectivity index (χ0v) is 24.5. The van der Waals surface area contributed by atoms with Crippen LogP contribution >= 0.6 is 0 Å². The lowest BCUT2D eigenvalue weighted by Crippen LogP contribution is -2.78. The Bertz CT molecular complexity index is 1700. The molecule has 0 radical (unpaired) electrons. The van der Waals surface area contributed by atoms with Gasteiger partial charge in [-0.1, -0.05) is 25.1 Å². The van der Waals surface area contributed by atoms with Crippen LogP contribution in [-0.2, 0) is 23.9 Å². The van der Waals surface area contributed by atoms with E-state index in [4.69, 9.17) is 10.5 Å². The van der Waals surface area contributed by atoms with E-state index < -0.39 is 98.8 Å². The number of ether oxygens (including phenoxy) is 1. The molecule has 236 valence electrons. The van der Waals surface area contributed by atoms with Crippen molar-refractivity contribution in [2.45, 2.75) is 37.5 Å². The number of hydrogen-bond donors (Lipinski definition) is 4. The van der Waals surface area contributed by atoms with Crippen LogP contribution in [0.25, 0.3) is 0 Å². The molecule has 15 heteroatoms. The minimum Gasteiger partial charge on any atom is -0.507 e. The molecule has 5 rings (SSSR count). The summed E-state index contributed by atoms with van der Waals surface area (Å²) in [6.07, 6.45) is -3.04. The number of aromatic hydroxyl groups is 1. The lowest BCUT2D eigenvalue weighted by atomic mass is 9.49. The highest BCUT2D eigenvalue weighted by Gasteiger charge is 2.74. The molecule has 2 unspecified atom stereocenters. The number of nitrogens with zero attached hydrogens (tertiary/aromatic N) is 2. The van der Waals surface area contributed by atoms with Crippen molar-refractivity contribution in [3.8, 4) is 5.75 Å². The summed E-state index contributed by atoms with van der Waals surface area (Å²) in [5, 5.41) is 36.6. The van der Waals surface area contributed by atoms with Crippen LogP contribution in [0, 0.1) is 40.7 Å². The maximum absolute atomic E-state index is 14.2. The molecule has 0 heterocycles. The first-order valence-corrected chi connectivity index (χ1v) is 13.9. The third-order valence-electron chi connectivity index (χ3n) is 9.15. The Labute approximate surface area is 255 Å². The van der Waals surface area contributed by atoms with E-state index in [1.54, 1.807) is 13.8 Å². The molecule has 2 fully saturated rings. The van der Waals surface area contributed by atoms with Crippen molar-refractivity contribution in [2.24, 2.45) is 29.4 Å². The van der Waals surface area contributed by atoms with Crippen molar-refractivity contribution in [3.63, 3.8) is 0 Å². The van der Waals surface area contributed by atoms with E-state index >= 15 is 0 Å². The molecule has 45 heavy (non-hydrogen) atoms. The third-order valence-corrected chi connectivity index (χ3v) is 9.15. The number of aliphatic hydroxyl groups is 1. The molecule has 2 aromatic rings. The molecule has 0 saturated heterocycles. The molecular formula is C30H30N4O11. The van der Waals surface area contributed by atoms with Crippen LogP contribution in [0.5, 0.6) is 5.75 Å². The molecule has 3 aliphatic carbocycles. The molecule has 2 amide bonds. The number of phenols is 1. The number of hydrogen-bond acceptors (Lipinski definition) is 12. The number of nitrogens with two attached hydrogens (primary N) is 1. The van der Waals surface area contributed by atoms with E-state index in [1.807, 2.05) is 0 Å². The fourth-order valence-electron chi connectivity index (χ4n) is 7.23. The number of ketones is 4. The van der Waals surface area contributed by atoms with Gasteiger partial charge in [-0.15, -0.1) is 0 Å². The monoisotopic (exact) mass is 622 g/mol. The summed E-state index contributed by atoms with van der Waals surface area (Å²) in [4.78, 5) is 93.5. The van der Waals surface area contributed by atoms with E-state index in [0.29, 0.717) is 5.56 Å². The van der Waals surface area contributed by atoms with Crippen molar-refractivity contribution in [1.29, 1.82) is 0 Å². The quantitative estimate of drug-likeness (QED) is 0.206. The van der Waals surface area contributed by atoms with Gasteiger partial charge < -0.3 is 20.7 Å². The summed E-state index contributed by atoms with van der Waals surface area (Å²) < 4.78 is 5.80. The average molecular weight is 623 g/mol. The zero-order chi connectivity index (χ0) is 33.3. The minimum atomic E-state index is -3.21. The van der Waals surface area contributed by atoms with Crippen LogP contribution < -0.4 is 11.1 Å². The fraction of sp³-hybridized carbons (Fsp3) is 0.400. The van der Waals surface area contributed by atoms with Gasteiger partial charge in [-0.2, -0.15) is 0 Å². The number of fused-ring (bicyclic) bond motifs is 3. The van der Waals surface area contributed by atoms with E-state index in [0.717, 1.165) is 0 Å². The molecule has 0 aliphatic heterocycles. The van der Waals surface area contributed by atoms with Crippen molar-refractivity contribution >= 4 is 46.5 Å². The van der Waals surface area contributed by atoms with Gasteiger partial charge >= 0.3 is 6.09 Å². The smallest absolute Gasteiger partial charge is 0.412 e. The fourth-order valence-corrected chi connectivity index (χ4v) is 7.23. The highest BCUT2D eigenvalue weighted by Crippen LogP contribution is 2.55. The molecule has 3 aliphatic rings. The Hall–Kier alpha value is -5.02. The summed E-state index contributed by atoms with van der Waals surface area (Å²) in [6, 6.07) is 6.58. The number of nitro benzene ring substituents is 1. The van der Waals surface area contributed by atoms with E-state index in [2.05, 4.69) is 5.32 Å². The second kappa shape index (κ2) is 10.9. The number of anilines is 1. The number of aryl methyl sites for hydroxylation is 1. The van der Waals surface area contributed by atoms with E-state index in [1.165, 1.54) is 55.4 Å². The van der Waals surface area contributed by atoms with Crippen LogP contribution in [0.2, 0.25) is 0 Å². The molecule has 0 bridgehead atoms. The number of phenolic OH excluding ortho intramolecular Hbond substituents is 1. The van der Waals surface area contributed by atoms with Crippen LogP contribution in [-0.4, -0.2) is 87.0 Å². The number of likely N-dealkylation sites (N-methyl/N-ethyl adjacent to an activating group) is 1. The maximum Gasteiger partial charge on any atom is 0.412 e. The standard InChI is InChI=1S/C30H30N4O11/c1-11-8-9-14(15(10-11)34(43)44)32-29(41)45-25-17-12(2)13-6-5-7-16(35)18(13)23(36)19(17)26(38)30(42)21(25)22(33(3)4)24(37)20(27(30)39)28(31)40/h5-10,12,17,19-22,25,35,42H,1-4H3,(H2,31,40)(H,32,41)/t12-,17+,19?,20?,21+,22-,25-,30-/m0/s1. The number of carbonyl (C=O) groups excluding carboxylic acids is 6. The Morgan fingerprint density at radius 1 is 1.11 bits per heavy atom. The van der Waals surface area contributed by atoms with Crippen LogP contribution in [0.15, 0.2) is 36.4 Å². The first-order valence-electron chi connectivity index (χ1n) is 13.9. The van der Waals surface area contributed by atoms with Crippen LogP contribution in [0.3, 0.4) is 0 Å². The second-order valence-electron chi connectivity index (χ2n) is 11.9. The van der Waals surface area contributed by atoms with Crippen molar-refractivity contribution in [3.05, 3.63) is 63.2 Å².